The van der Waals surface area contributed by atoms with Gasteiger partial charge in [-0.05, 0) is 19.3 Å². The number of anilines is 1. The molecule has 1 aliphatic carbocycles. The molecule has 1 atom stereocenters. The van der Waals surface area contributed by atoms with Crippen molar-refractivity contribution >= 4 is 5.95 Å². The van der Waals surface area contributed by atoms with E-state index in [9.17, 15) is 0 Å². The summed E-state index contributed by atoms with van der Waals surface area (Å²) in [6.07, 6.45) is 5.53. The Hall–Kier alpha value is -1.03. The molecule has 1 saturated heterocycles. The molecule has 1 aromatic heterocycles. The lowest BCUT2D eigenvalue weighted by molar-refractivity contribution is 0.193. The van der Waals surface area contributed by atoms with Crippen LogP contribution in [0.25, 0.3) is 0 Å². The van der Waals surface area contributed by atoms with E-state index >= 15 is 0 Å². The predicted molar refractivity (Wildman–Crippen MR) is 53.1 cm³/mol. The van der Waals surface area contributed by atoms with Crippen LogP contribution < -0.4 is 5.73 Å². The topological polar surface area (TPSA) is 53.1 Å². The average Bonchev–Trinajstić information content (AvgIpc) is 2.75. The highest BCUT2D eigenvalue weighted by molar-refractivity contribution is 5.28. The molecule has 2 fully saturated rings. The first-order valence-electron chi connectivity index (χ1n) is 5.26. The Morgan fingerprint density at radius 1 is 1.43 bits per heavy atom. The molecule has 2 N–H and O–H groups in total. The normalized spacial score (nSPS) is 27.0. The van der Waals surface area contributed by atoms with Crippen LogP contribution >= 0.6 is 0 Å². The molecule has 0 aromatic carbocycles. The third-order valence-corrected chi connectivity index (χ3v) is 3.11. The number of aromatic nitrogens is 2. The quantitative estimate of drug-likeness (QED) is 0.770. The van der Waals surface area contributed by atoms with Crippen LogP contribution in [0.1, 0.15) is 36.9 Å². The zero-order valence-electron chi connectivity index (χ0n) is 8.15. The van der Waals surface area contributed by atoms with Crippen LogP contribution in [0.4, 0.5) is 5.95 Å². The standard InChI is InChI=1S/C10H15N3O/c11-10-12-5-9(7-3-4-14-6-7)13(10)8-1-2-8/h5,7-8H,1-4,6H2,(H2,11,12). The van der Waals surface area contributed by atoms with Crippen molar-refractivity contribution in [1.82, 2.24) is 9.55 Å². The molecule has 0 bridgehead atoms. The highest BCUT2D eigenvalue weighted by Crippen LogP contribution is 2.40. The van der Waals surface area contributed by atoms with Crippen LogP contribution in [0.2, 0.25) is 0 Å². The number of nitrogens with zero attached hydrogens (tertiary/aromatic N) is 2. The molecular weight excluding hydrogens is 178 g/mol. The van der Waals surface area contributed by atoms with Crippen LogP contribution in [0.5, 0.6) is 0 Å². The third-order valence-electron chi connectivity index (χ3n) is 3.11. The van der Waals surface area contributed by atoms with Gasteiger partial charge in [0.15, 0.2) is 0 Å². The lowest BCUT2D eigenvalue weighted by Crippen LogP contribution is -2.09. The number of imidazole rings is 1. The molecule has 14 heavy (non-hydrogen) atoms. The monoisotopic (exact) mass is 193 g/mol. The van der Waals surface area contributed by atoms with Crippen molar-refractivity contribution in [3.05, 3.63) is 11.9 Å². The minimum Gasteiger partial charge on any atom is -0.381 e. The highest BCUT2D eigenvalue weighted by Gasteiger charge is 2.31. The first-order valence-corrected chi connectivity index (χ1v) is 5.26. The number of hydrogen-bond donors (Lipinski definition) is 1. The first kappa shape index (κ1) is 8.29. The number of hydrogen-bond acceptors (Lipinski definition) is 3. The zero-order valence-corrected chi connectivity index (χ0v) is 8.15. The van der Waals surface area contributed by atoms with Crippen molar-refractivity contribution in [2.75, 3.05) is 18.9 Å². The Labute approximate surface area is 83.1 Å². The second-order valence-electron chi connectivity index (χ2n) is 4.20. The second kappa shape index (κ2) is 2.98. The number of rotatable bonds is 2. The molecule has 0 radical (unpaired) electrons. The molecule has 4 nitrogen and oxygen atoms in total. The summed E-state index contributed by atoms with van der Waals surface area (Å²) in [5.74, 6) is 1.19. The van der Waals surface area contributed by atoms with Gasteiger partial charge in [0.05, 0.1) is 12.8 Å². The van der Waals surface area contributed by atoms with Gasteiger partial charge in [-0.2, -0.15) is 0 Å². The Bertz CT molecular complexity index is 337. The summed E-state index contributed by atoms with van der Waals surface area (Å²) >= 11 is 0. The molecule has 76 valence electrons. The van der Waals surface area contributed by atoms with Crippen LogP contribution in [-0.2, 0) is 4.74 Å². The largest absolute Gasteiger partial charge is 0.381 e. The van der Waals surface area contributed by atoms with Gasteiger partial charge in [0.2, 0.25) is 5.95 Å². The molecule has 4 heteroatoms. The summed E-state index contributed by atoms with van der Waals surface area (Å²) in [6.45, 7) is 1.71. The van der Waals surface area contributed by atoms with Gasteiger partial charge in [0.1, 0.15) is 0 Å². The van der Waals surface area contributed by atoms with Crippen molar-refractivity contribution in [3.63, 3.8) is 0 Å². The molecule has 1 aromatic rings. The van der Waals surface area contributed by atoms with Gasteiger partial charge in [0.25, 0.3) is 0 Å². The molecule has 0 amide bonds. The van der Waals surface area contributed by atoms with Crippen molar-refractivity contribution in [3.8, 4) is 0 Å². The Morgan fingerprint density at radius 2 is 2.29 bits per heavy atom. The molecular formula is C10H15N3O. The fourth-order valence-corrected chi connectivity index (χ4v) is 2.19. The molecule has 2 aliphatic rings. The van der Waals surface area contributed by atoms with E-state index in [1.54, 1.807) is 0 Å². The van der Waals surface area contributed by atoms with Crippen LogP contribution in [0.15, 0.2) is 6.20 Å². The van der Waals surface area contributed by atoms with Gasteiger partial charge < -0.3 is 15.0 Å². The molecule has 1 aliphatic heterocycles. The van der Waals surface area contributed by atoms with E-state index in [4.69, 9.17) is 10.5 Å². The first-order chi connectivity index (χ1) is 6.86. The average molecular weight is 193 g/mol. The van der Waals surface area contributed by atoms with Gasteiger partial charge in [-0.15, -0.1) is 0 Å². The smallest absolute Gasteiger partial charge is 0.200 e. The van der Waals surface area contributed by atoms with Crippen molar-refractivity contribution in [1.29, 1.82) is 0 Å². The fraction of sp³-hybridized carbons (Fsp3) is 0.700. The number of ether oxygens (including phenoxy) is 1. The minimum absolute atomic E-state index is 0.514. The van der Waals surface area contributed by atoms with Crippen molar-refractivity contribution < 1.29 is 4.74 Å². The lowest BCUT2D eigenvalue weighted by Gasteiger charge is -2.12. The van der Waals surface area contributed by atoms with Crippen molar-refractivity contribution in [2.45, 2.75) is 31.2 Å². The number of nitrogen functional groups attached to an aromatic ring is 1. The van der Waals surface area contributed by atoms with Gasteiger partial charge in [-0.1, -0.05) is 0 Å². The SMILES string of the molecule is Nc1ncc(C2CCOC2)n1C1CC1. The van der Waals surface area contributed by atoms with Gasteiger partial charge in [0, 0.05) is 24.3 Å². The molecule has 3 rings (SSSR count). The van der Waals surface area contributed by atoms with Crippen molar-refractivity contribution in [2.24, 2.45) is 0 Å². The Morgan fingerprint density at radius 3 is 2.93 bits per heavy atom. The summed E-state index contributed by atoms with van der Waals surface area (Å²) in [7, 11) is 0. The van der Waals surface area contributed by atoms with Gasteiger partial charge >= 0.3 is 0 Å². The number of nitrogens with two attached hydrogens (primary N) is 1. The molecule has 1 unspecified atom stereocenters. The van der Waals surface area contributed by atoms with E-state index in [-0.39, 0.29) is 0 Å². The molecule has 1 saturated carbocycles. The van der Waals surface area contributed by atoms with E-state index in [1.165, 1.54) is 18.5 Å². The van der Waals surface area contributed by atoms with E-state index < -0.39 is 0 Å². The van der Waals surface area contributed by atoms with Crippen LogP contribution in [0, 0.1) is 0 Å². The Kier molecular flexibility index (Phi) is 1.77. The van der Waals surface area contributed by atoms with E-state index in [2.05, 4.69) is 9.55 Å². The van der Waals surface area contributed by atoms with Crippen LogP contribution in [0.3, 0.4) is 0 Å². The maximum absolute atomic E-state index is 5.86. The van der Waals surface area contributed by atoms with Gasteiger partial charge in [-0.25, -0.2) is 4.98 Å². The molecule has 2 heterocycles. The maximum Gasteiger partial charge on any atom is 0.200 e. The zero-order chi connectivity index (χ0) is 9.54. The second-order valence-corrected chi connectivity index (χ2v) is 4.20. The van der Waals surface area contributed by atoms with E-state index in [0.29, 0.717) is 17.9 Å². The maximum atomic E-state index is 5.86. The predicted octanol–water partition coefficient (Wildman–Crippen LogP) is 1.30. The van der Waals surface area contributed by atoms with Gasteiger partial charge in [-0.3, -0.25) is 0 Å². The molecule has 0 spiro atoms. The summed E-state index contributed by atoms with van der Waals surface area (Å²) in [5, 5.41) is 0. The lowest BCUT2D eigenvalue weighted by atomic mass is 10.1. The summed E-state index contributed by atoms with van der Waals surface area (Å²) in [5.41, 5.74) is 7.14. The van der Waals surface area contributed by atoms with Crippen LogP contribution in [-0.4, -0.2) is 22.8 Å². The summed E-state index contributed by atoms with van der Waals surface area (Å²) in [4.78, 5) is 4.21. The fourth-order valence-electron chi connectivity index (χ4n) is 2.19. The third kappa shape index (κ3) is 1.21. The summed E-state index contributed by atoms with van der Waals surface area (Å²) < 4.78 is 7.60. The summed E-state index contributed by atoms with van der Waals surface area (Å²) in [6, 6.07) is 0.619. The van der Waals surface area contributed by atoms with E-state index in [0.717, 1.165) is 19.6 Å². The Balaban J connectivity index is 1.95. The highest BCUT2D eigenvalue weighted by atomic mass is 16.5. The minimum atomic E-state index is 0.514. The van der Waals surface area contributed by atoms with E-state index in [1.807, 2.05) is 6.20 Å².